The molecule has 1 saturated carbocycles. The molecule has 2 N–H and O–H groups in total. The third-order valence-electron chi connectivity index (χ3n) is 4.07. The van der Waals surface area contributed by atoms with Crippen molar-refractivity contribution >= 4 is 22.4 Å². The van der Waals surface area contributed by atoms with E-state index in [1.807, 2.05) is 36.7 Å². The molecule has 3 rings (SSSR count). The van der Waals surface area contributed by atoms with Gasteiger partial charge < -0.3 is 20.1 Å². The summed E-state index contributed by atoms with van der Waals surface area (Å²) < 4.78 is 12.8. The van der Waals surface area contributed by atoms with Crippen LogP contribution in [0, 0.1) is 5.92 Å². The summed E-state index contributed by atoms with van der Waals surface area (Å²) in [5.74, 6) is 1.16. The van der Waals surface area contributed by atoms with Crippen LogP contribution in [0.5, 0.6) is 5.88 Å². The standard InChI is InChI=1S/C17H26N4O3S/c1-17(2,3)24-16(22)19-12(11-5-6-11)9-18-10-13-14(23-4)20-15-21(13)7-8-25-15/h7-8,11-12,18H,5-6,9-10H2,1-4H3,(H,19,22). The van der Waals surface area contributed by atoms with Gasteiger partial charge in [0.2, 0.25) is 5.88 Å². The van der Waals surface area contributed by atoms with Gasteiger partial charge in [-0.1, -0.05) is 0 Å². The van der Waals surface area contributed by atoms with Crippen molar-refractivity contribution in [1.29, 1.82) is 0 Å². The predicted molar refractivity (Wildman–Crippen MR) is 97.2 cm³/mol. The van der Waals surface area contributed by atoms with Crippen LogP contribution in [0.2, 0.25) is 0 Å². The first kappa shape index (κ1) is 18.0. The maximum Gasteiger partial charge on any atom is 0.407 e. The van der Waals surface area contributed by atoms with Crippen molar-refractivity contribution in [3.63, 3.8) is 0 Å². The molecule has 2 aromatic heterocycles. The zero-order chi connectivity index (χ0) is 18.0. The maximum atomic E-state index is 12.0. The molecular weight excluding hydrogens is 340 g/mol. The van der Waals surface area contributed by atoms with Crippen LogP contribution in [0.4, 0.5) is 4.79 Å². The molecular formula is C17H26N4O3S. The van der Waals surface area contributed by atoms with Crippen LogP contribution in [-0.4, -0.2) is 40.8 Å². The summed E-state index contributed by atoms with van der Waals surface area (Å²) in [5, 5.41) is 8.43. The van der Waals surface area contributed by atoms with E-state index in [1.54, 1.807) is 18.4 Å². The molecule has 0 saturated heterocycles. The highest BCUT2D eigenvalue weighted by atomic mass is 32.1. The minimum absolute atomic E-state index is 0.0757. The summed E-state index contributed by atoms with van der Waals surface area (Å²) in [6.07, 6.45) is 3.93. The number of aromatic nitrogens is 2. The van der Waals surface area contributed by atoms with Crippen LogP contribution in [0.15, 0.2) is 11.6 Å². The number of hydrogen-bond acceptors (Lipinski definition) is 6. The zero-order valence-corrected chi connectivity index (χ0v) is 16.0. The van der Waals surface area contributed by atoms with Gasteiger partial charge in [-0.25, -0.2) is 4.79 Å². The van der Waals surface area contributed by atoms with Gasteiger partial charge in [0, 0.05) is 30.7 Å². The second-order valence-electron chi connectivity index (χ2n) is 7.34. The summed E-state index contributed by atoms with van der Waals surface area (Å²) in [6, 6.07) is 0.0757. The molecule has 1 aliphatic carbocycles. The zero-order valence-electron chi connectivity index (χ0n) is 15.2. The highest BCUT2D eigenvalue weighted by Crippen LogP contribution is 2.32. The number of rotatable bonds is 7. The monoisotopic (exact) mass is 366 g/mol. The average molecular weight is 366 g/mol. The molecule has 25 heavy (non-hydrogen) atoms. The van der Waals surface area contributed by atoms with Gasteiger partial charge in [0.15, 0.2) is 4.96 Å². The average Bonchev–Trinajstić information content (AvgIpc) is 3.16. The van der Waals surface area contributed by atoms with Gasteiger partial charge in [-0.2, -0.15) is 4.98 Å². The Bertz CT molecular complexity index is 730. The molecule has 138 valence electrons. The molecule has 0 radical (unpaired) electrons. The Morgan fingerprint density at radius 3 is 2.88 bits per heavy atom. The number of imidazole rings is 1. The topological polar surface area (TPSA) is 76.9 Å². The van der Waals surface area contributed by atoms with Crippen molar-refractivity contribution in [2.45, 2.75) is 51.8 Å². The number of hydrogen-bond donors (Lipinski definition) is 2. The molecule has 1 unspecified atom stereocenters. The third-order valence-corrected chi connectivity index (χ3v) is 4.82. The van der Waals surface area contributed by atoms with Crippen LogP contribution < -0.4 is 15.4 Å². The molecule has 8 heteroatoms. The number of methoxy groups -OCH3 is 1. The molecule has 0 aliphatic heterocycles. The Labute approximate surface area is 151 Å². The summed E-state index contributed by atoms with van der Waals surface area (Å²) in [4.78, 5) is 17.4. The number of thiazole rings is 1. The van der Waals surface area contributed by atoms with E-state index in [-0.39, 0.29) is 12.1 Å². The first-order valence-corrected chi connectivity index (χ1v) is 9.44. The highest BCUT2D eigenvalue weighted by Gasteiger charge is 2.33. The number of nitrogens with zero attached hydrogens (tertiary/aromatic N) is 2. The van der Waals surface area contributed by atoms with Gasteiger partial charge in [-0.05, 0) is 39.5 Å². The van der Waals surface area contributed by atoms with E-state index in [4.69, 9.17) is 9.47 Å². The van der Waals surface area contributed by atoms with Crippen molar-refractivity contribution in [2.24, 2.45) is 5.92 Å². The van der Waals surface area contributed by atoms with Crippen molar-refractivity contribution < 1.29 is 14.3 Å². The molecule has 1 aliphatic rings. The highest BCUT2D eigenvalue weighted by molar-refractivity contribution is 7.15. The van der Waals surface area contributed by atoms with E-state index in [0.717, 1.165) is 23.5 Å². The predicted octanol–water partition coefficient (Wildman–Crippen LogP) is 2.80. The van der Waals surface area contributed by atoms with Crippen LogP contribution in [0.25, 0.3) is 4.96 Å². The van der Waals surface area contributed by atoms with Gasteiger partial charge in [-0.3, -0.25) is 4.40 Å². The fourth-order valence-electron chi connectivity index (χ4n) is 2.78. The second kappa shape index (κ2) is 7.21. The fraction of sp³-hybridized carbons (Fsp3) is 0.647. The first-order valence-electron chi connectivity index (χ1n) is 8.56. The summed E-state index contributed by atoms with van der Waals surface area (Å²) in [5.41, 5.74) is 0.506. The van der Waals surface area contributed by atoms with E-state index < -0.39 is 5.60 Å². The lowest BCUT2D eigenvalue weighted by Crippen LogP contribution is -2.45. The molecule has 1 amide bonds. The van der Waals surface area contributed by atoms with Crippen LogP contribution in [0.1, 0.15) is 39.3 Å². The van der Waals surface area contributed by atoms with Gasteiger partial charge in [0.05, 0.1) is 7.11 Å². The number of ether oxygens (including phenoxy) is 2. The van der Waals surface area contributed by atoms with E-state index in [2.05, 4.69) is 15.6 Å². The van der Waals surface area contributed by atoms with Gasteiger partial charge in [-0.15, -0.1) is 11.3 Å². The molecule has 0 aromatic carbocycles. The Morgan fingerprint density at radius 2 is 2.24 bits per heavy atom. The third kappa shape index (κ3) is 4.64. The normalized spacial score (nSPS) is 16.0. The van der Waals surface area contributed by atoms with Crippen molar-refractivity contribution in [3.05, 3.63) is 17.3 Å². The van der Waals surface area contributed by atoms with Crippen LogP contribution in [-0.2, 0) is 11.3 Å². The van der Waals surface area contributed by atoms with E-state index >= 15 is 0 Å². The van der Waals surface area contributed by atoms with E-state index in [9.17, 15) is 4.79 Å². The quantitative estimate of drug-likeness (QED) is 0.788. The van der Waals surface area contributed by atoms with Crippen molar-refractivity contribution in [2.75, 3.05) is 13.7 Å². The molecule has 0 spiro atoms. The first-order chi connectivity index (χ1) is 11.9. The number of nitrogens with one attached hydrogen (secondary N) is 2. The van der Waals surface area contributed by atoms with Crippen LogP contribution in [0.3, 0.4) is 0 Å². The smallest absolute Gasteiger partial charge is 0.407 e. The van der Waals surface area contributed by atoms with Gasteiger partial charge in [0.25, 0.3) is 0 Å². The lowest BCUT2D eigenvalue weighted by molar-refractivity contribution is 0.0497. The van der Waals surface area contributed by atoms with E-state index in [0.29, 0.717) is 24.9 Å². The SMILES string of the molecule is COc1nc2sccn2c1CNCC(NC(=O)OC(C)(C)C)C1CC1. The summed E-state index contributed by atoms with van der Waals surface area (Å²) in [6.45, 7) is 6.92. The minimum atomic E-state index is -0.485. The lowest BCUT2D eigenvalue weighted by atomic mass is 10.2. The molecule has 7 nitrogen and oxygen atoms in total. The van der Waals surface area contributed by atoms with Gasteiger partial charge in [0.1, 0.15) is 11.3 Å². The van der Waals surface area contributed by atoms with Gasteiger partial charge >= 0.3 is 6.09 Å². The minimum Gasteiger partial charge on any atom is -0.480 e. The lowest BCUT2D eigenvalue weighted by Gasteiger charge is -2.24. The largest absolute Gasteiger partial charge is 0.480 e. The van der Waals surface area contributed by atoms with E-state index in [1.165, 1.54) is 0 Å². The summed E-state index contributed by atoms with van der Waals surface area (Å²) >= 11 is 1.58. The Balaban J connectivity index is 1.56. The number of carbonyl (C=O) groups is 1. The molecule has 1 fully saturated rings. The molecule has 0 bridgehead atoms. The van der Waals surface area contributed by atoms with Crippen LogP contribution >= 0.6 is 11.3 Å². The maximum absolute atomic E-state index is 12.0. The summed E-state index contributed by atoms with van der Waals surface area (Å²) in [7, 11) is 1.63. The van der Waals surface area contributed by atoms with Crippen molar-refractivity contribution in [3.8, 4) is 5.88 Å². The Kier molecular flexibility index (Phi) is 5.19. The molecule has 2 aromatic rings. The second-order valence-corrected chi connectivity index (χ2v) is 8.22. The number of alkyl carbamates (subject to hydrolysis) is 1. The fourth-order valence-corrected chi connectivity index (χ4v) is 3.50. The van der Waals surface area contributed by atoms with Crippen molar-refractivity contribution in [1.82, 2.24) is 20.0 Å². The number of amides is 1. The number of fused-ring (bicyclic) bond motifs is 1. The number of carbonyl (C=O) groups excluding carboxylic acids is 1. The Hall–Kier alpha value is -1.80. The molecule has 2 heterocycles. The molecule has 1 atom stereocenters. The Morgan fingerprint density at radius 1 is 1.48 bits per heavy atom.